The Morgan fingerprint density at radius 2 is 1.97 bits per heavy atom. The zero-order chi connectivity index (χ0) is 24.1. The van der Waals surface area contributed by atoms with Gasteiger partial charge in [-0.3, -0.25) is 4.79 Å². The summed E-state index contributed by atoms with van der Waals surface area (Å²) in [6.07, 6.45) is 0. The molecule has 1 amide bonds. The number of anilines is 1. The van der Waals surface area contributed by atoms with Crippen LogP contribution in [0.2, 0.25) is 0 Å². The zero-order valence-corrected chi connectivity index (χ0v) is 19.5. The average Bonchev–Trinajstić information content (AvgIpc) is 3.47. The number of nitrogens with zero attached hydrogens (tertiary/aromatic N) is 6. The molecule has 0 radical (unpaired) electrons. The molecule has 12 heteroatoms. The van der Waals surface area contributed by atoms with Crippen LogP contribution in [0.15, 0.2) is 63.2 Å². The number of benzene rings is 2. The van der Waals surface area contributed by atoms with Crippen LogP contribution in [-0.4, -0.2) is 44.0 Å². The van der Waals surface area contributed by atoms with Gasteiger partial charge in [-0.05, 0) is 48.4 Å². The first-order valence-electron chi connectivity index (χ1n) is 10.2. The van der Waals surface area contributed by atoms with Crippen LogP contribution >= 0.6 is 11.8 Å². The standard InChI is InChI=1S/C22H22N8O3S/c1-13-8-10-15(11-9-13)34-12-17-19(25-29-30(17)21-20(23)27-33-28-21)22(31)26-24-14(2)16-6-4-5-7-18(16)32-3/h4-11H,12H2,1-3H3,(H2,23,27)(H,26,31)/b24-14-. The molecule has 0 atom stereocenters. The number of thioether (sulfide) groups is 1. The highest BCUT2D eigenvalue weighted by atomic mass is 32.2. The third kappa shape index (κ3) is 4.91. The number of hydrogen-bond donors (Lipinski definition) is 2. The lowest BCUT2D eigenvalue weighted by Gasteiger charge is -2.08. The van der Waals surface area contributed by atoms with Gasteiger partial charge in [0.15, 0.2) is 5.69 Å². The summed E-state index contributed by atoms with van der Waals surface area (Å²) in [5.41, 5.74) is 11.4. The molecule has 0 saturated carbocycles. The van der Waals surface area contributed by atoms with Crippen LogP contribution in [0, 0.1) is 6.92 Å². The highest BCUT2D eigenvalue weighted by molar-refractivity contribution is 7.98. The van der Waals surface area contributed by atoms with Crippen molar-refractivity contribution < 1.29 is 14.2 Å². The molecule has 2 heterocycles. The highest BCUT2D eigenvalue weighted by Gasteiger charge is 2.24. The molecule has 34 heavy (non-hydrogen) atoms. The Morgan fingerprint density at radius 1 is 1.21 bits per heavy atom. The number of aryl methyl sites for hydroxylation is 1. The fourth-order valence-corrected chi connectivity index (χ4v) is 3.98. The minimum Gasteiger partial charge on any atom is -0.496 e. The van der Waals surface area contributed by atoms with Gasteiger partial charge in [-0.2, -0.15) is 9.78 Å². The normalized spacial score (nSPS) is 11.4. The van der Waals surface area contributed by atoms with Crippen LogP contribution in [-0.2, 0) is 5.75 Å². The summed E-state index contributed by atoms with van der Waals surface area (Å²) in [6, 6.07) is 15.4. The average molecular weight is 479 g/mol. The molecular weight excluding hydrogens is 456 g/mol. The summed E-state index contributed by atoms with van der Waals surface area (Å²) < 4.78 is 11.4. The van der Waals surface area contributed by atoms with Gasteiger partial charge in [0.1, 0.15) is 5.75 Å². The van der Waals surface area contributed by atoms with Crippen LogP contribution in [0.3, 0.4) is 0 Å². The number of hydrazone groups is 1. The van der Waals surface area contributed by atoms with Crippen LogP contribution in [0.1, 0.15) is 34.2 Å². The number of nitrogens with one attached hydrogen (secondary N) is 1. The van der Waals surface area contributed by atoms with Crippen molar-refractivity contribution in [2.75, 3.05) is 12.8 Å². The molecule has 4 rings (SSSR count). The van der Waals surface area contributed by atoms with Gasteiger partial charge in [0.05, 0.1) is 18.5 Å². The fourth-order valence-electron chi connectivity index (χ4n) is 3.09. The Bertz CT molecular complexity index is 1330. The Morgan fingerprint density at radius 3 is 2.68 bits per heavy atom. The maximum atomic E-state index is 13.0. The van der Waals surface area contributed by atoms with Gasteiger partial charge in [-0.15, -0.1) is 16.9 Å². The minimum atomic E-state index is -0.532. The SMILES string of the molecule is COc1ccccc1/C(C)=N\NC(=O)c1nnn(-c2nonc2N)c1CSc1ccc(C)cc1. The molecule has 174 valence electrons. The molecule has 11 nitrogen and oxygen atoms in total. The van der Waals surface area contributed by atoms with Gasteiger partial charge in [-0.1, -0.05) is 35.0 Å². The number of hydrogen-bond acceptors (Lipinski definition) is 10. The largest absolute Gasteiger partial charge is 0.496 e. The lowest BCUT2D eigenvalue weighted by Crippen LogP contribution is -2.21. The summed E-state index contributed by atoms with van der Waals surface area (Å²) in [4.78, 5) is 14.0. The third-order valence-electron chi connectivity index (χ3n) is 4.89. The first-order valence-corrected chi connectivity index (χ1v) is 11.2. The maximum Gasteiger partial charge on any atom is 0.293 e. The molecule has 0 spiro atoms. The van der Waals surface area contributed by atoms with E-state index < -0.39 is 5.91 Å². The van der Waals surface area contributed by atoms with Crippen molar-refractivity contribution >= 4 is 29.2 Å². The molecule has 2 aromatic heterocycles. The molecular formula is C22H22N8O3S. The van der Waals surface area contributed by atoms with Crippen LogP contribution in [0.5, 0.6) is 5.75 Å². The van der Waals surface area contributed by atoms with Crippen LogP contribution < -0.4 is 15.9 Å². The fraction of sp³-hybridized carbons (Fsp3) is 0.182. The number of aromatic nitrogens is 5. The third-order valence-corrected chi connectivity index (χ3v) is 5.92. The predicted molar refractivity (Wildman–Crippen MR) is 127 cm³/mol. The molecule has 0 aliphatic heterocycles. The van der Waals surface area contributed by atoms with Gasteiger partial charge >= 0.3 is 0 Å². The second-order valence-electron chi connectivity index (χ2n) is 7.21. The lowest BCUT2D eigenvalue weighted by molar-refractivity contribution is 0.0949. The van der Waals surface area contributed by atoms with Crippen molar-refractivity contribution in [1.82, 2.24) is 30.7 Å². The lowest BCUT2D eigenvalue weighted by atomic mass is 10.1. The van der Waals surface area contributed by atoms with E-state index in [9.17, 15) is 4.79 Å². The molecule has 0 bridgehead atoms. The summed E-state index contributed by atoms with van der Waals surface area (Å²) in [6.45, 7) is 3.79. The first kappa shape index (κ1) is 23.0. The number of methoxy groups -OCH3 is 1. The van der Waals surface area contributed by atoms with E-state index in [0.29, 0.717) is 22.9 Å². The zero-order valence-electron chi connectivity index (χ0n) is 18.7. The molecule has 0 fully saturated rings. The second-order valence-corrected chi connectivity index (χ2v) is 8.26. The van der Waals surface area contributed by atoms with E-state index in [4.69, 9.17) is 15.1 Å². The summed E-state index contributed by atoms with van der Waals surface area (Å²) in [5, 5.41) is 19.7. The van der Waals surface area contributed by atoms with E-state index in [2.05, 4.69) is 31.2 Å². The van der Waals surface area contributed by atoms with Gasteiger partial charge < -0.3 is 10.5 Å². The van der Waals surface area contributed by atoms with E-state index in [1.54, 1.807) is 14.0 Å². The van der Waals surface area contributed by atoms with E-state index in [1.807, 2.05) is 55.5 Å². The van der Waals surface area contributed by atoms with Gasteiger partial charge in [0.2, 0.25) is 11.6 Å². The monoisotopic (exact) mass is 478 g/mol. The van der Waals surface area contributed by atoms with Crippen molar-refractivity contribution in [1.29, 1.82) is 0 Å². The van der Waals surface area contributed by atoms with E-state index in [1.165, 1.54) is 16.4 Å². The quantitative estimate of drug-likeness (QED) is 0.222. The van der Waals surface area contributed by atoms with Crippen molar-refractivity contribution in [3.63, 3.8) is 0 Å². The van der Waals surface area contributed by atoms with Gasteiger partial charge in [0.25, 0.3) is 5.91 Å². The molecule has 0 saturated heterocycles. The van der Waals surface area contributed by atoms with Crippen molar-refractivity contribution in [3.05, 3.63) is 71.0 Å². The van der Waals surface area contributed by atoms with Gasteiger partial charge in [-0.25, -0.2) is 10.1 Å². The Hall–Kier alpha value is -4.19. The minimum absolute atomic E-state index is 0.0310. The van der Waals surface area contributed by atoms with E-state index >= 15 is 0 Å². The van der Waals surface area contributed by atoms with E-state index in [-0.39, 0.29) is 17.3 Å². The molecule has 0 unspecified atom stereocenters. The van der Waals surface area contributed by atoms with Crippen molar-refractivity contribution in [2.45, 2.75) is 24.5 Å². The van der Waals surface area contributed by atoms with Crippen molar-refractivity contribution in [2.24, 2.45) is 5.10 Å². The number of amides is 1. The van der Waals surface area contributed by atoms with E-state index in [0.717, 1.165) is 16.0 Å². The number of nitrogens with two attached hydrogens (primary N) is 1. The molecule has 2 aromatic carbocycles. The number of carbonyl (C=O) groups is 1. The number of ether oxygens (including phenoxy) is 1. The smallest absolute Gasteiger partial charge is 0.293 e. The van der Waals surface area contributed by atoms with Gasteiger partial charge in [0, 0.05) is 16.2 Å². The number of para-hydroxylation sites is 1. The molecule has 0 aliphatic rings. The number of rotatable bonds is 8. The topological polar surface area (TPSA) is 146 Å². The van der Waals surface area contributed by atoms with Crippen LogP contribution in [0.4, 0.5) is 5.82 Å². The summed E-state index contributed by atoms with van der Waals surface area (Å²) in [5.74, 6) is 0.659. The van der Waals surface area contributed by atoms with Crippen molar-refractivity contribution in [3.8, 4) is 11.6 Å². The Labute approximate surface area is 199 Å². The summed E-state index contributed by atoms with van der Waals surface area (Å²) in [7, 11) is 1.57. The number of carbonyl (C=O) groups excluding carboxylic acids is 1. The molecule has 4 aromatic rings. The summed E-state index contributed by atoms with van der Waals surface area (Å²) >= 11 is 1.51. The Kier molecular flexibility index (Phi) is 6.87. The highest BCUT2D eigenvalue weighted by Crippen LogP contribution is 2.26. The predicted octanol–water partition coefficient (Wildman–Crippen LogP) is 3.00. The molecule has 3 N–H and O–H groups in total. The first-order chi connectivity index (χ1) is 16.5. The van der Waals surface area contributed by atoms with Crippen LogP contribution in [0.25, 0.3) is 5.82 Å². The maximum absolute atomic E-state index is 13.0. The second kappa shape index (κ2) is 10.2. The number of nitrogen functional groups attached to an aromatic ring is 1. The molecule has 0 aliphatic carbocycles. The Balaban J connectivity index is 1.61.